The molecule has 19 heavy (non-hydrogen) atoms. The van der Waals surface area contributed by atoms with Gasteiger partial charge in [0.15, 0.2) is 0 Å². The molecule has 2 N–H and O–H groups in total. The van der Waals surface area contributed by atoms with Gasteiger partial charge < -0.3 is 10.5 Å². The third-order valence-electron chi connectivity index (χ3n) is 2.95. The number of aromatic nitrogens is 1. The Labute approximate surface area is 115 Å². The second-order valence-electron chi connectivity index (χ2n) is 4.38. The van der Waals surface area contributed by atoms with Gasteiger partial charge in [-0.2, -0.15) is 0 Å². The molecule has 1 aromatic heterocycles. The van der Waals surface area contributed by atoms with E-state index in [1.165, 1.54) is 4.70 Å². The monoisotopic (exact) mass is 270 g/mol. The summed E-state index contributed by atoms with van der Waals surface area (Å²) in [7, 11) is 0. The maximum absolute atomic E-state index is 5.86. The second kappa shape index (κ2) is 4.90. The molecule has 3 aromatic rings. The van der Waals surface area contributed by atoms with Crippen LogP contribution < -0.4 is 10.5 Å². The van der Waals surface area contributed by atoms with E-state index in [1.807, 2.05) is 43.3 Å². The lowest BCUT2D eigenvalue weighted by molar-refractivity contribution is 0.306. The molecular formula is C15H14N2OS. The number of fused-ring (bicyclic) bond motifs is 1. The summed E-state index contributed by atoms with van der Waals surface area (Å²) in [4.78, 5) is 4.53. The fraction of sp³-hybridized carbons (Fsp3) is 0.133. The van der Waals surface area contributed by atoms with Gasteiger partial charge in [0.25, 0.3) is 0 Å². The third kappa shape index (κ3) is 2.53. The quantitative estimate of drug-likeness (QED) is 0.737. The smallest absolute Gasteiger partial charge is 0.140 e. The Morgan fingerprint density at radius 1 is 1.21 bits per heavy atom. The normalized spacial score (nSPS) is 10.8. The number of rotatable bonds is 3. The minimum absolute atomic E-state index is 0.474. The SMILES string of the molecule is Cc1ccc(OCc2nc3ccccc3s2)cc1N. The van der Waals surface area contributed by atoms with Crippen molar-refractivity contribution in [1.82, 2.24) is 4.98 Å². The summed E-state index contributed by atoms with van der Waals surface area (Å²) in [5.41, 5.74) is 8.69. The minimum atomic E-state index is 0.474. The molecule has 4 heteroatoms. The number of thiazole rings is 1. The Morgan fingerprint density at radius 3 is 2.84 bits per heavy atom. The van der Waals surface area contributed by atoms with E-state index in [-0.39, 0.29) is 0 Å². The van der Waals surface area contributed by atoms with Crippen molar-refractivity contribution in [2.24, 2.45) is 0 Å². The molecule has 3 nitrogen and oxygen atoms in total. The topological polar surface area (TPSA) is 48.1 Å². The van der Waals surface area contributed by atoms with Crippen molar-refractivity contribution < 1.29 is 4.74 Å². The van der Waals surface area contributed by atoms with Gasteiger partial charge in [-0.15, -0.1) is 11.3 Å². The van der Waals surface area contributed by atoms with Crippen molar-refractivity contribution in [1.29, 1.82) is 0 Å². The first-order valence-electron chi connectivity index (χ1n) is 6.06. The van der Waals surface area contributed by atoms with E-state index >= 15 is 0 Å². The number of nitrogen functional groups attached to an aromatic ring is 1. The highest BCUT2D eigenvalue weighted by Gasteiger charge is 2.04. The van der Waals surface area contributed by atoms with Crippen LogP contribution in [-0.2, 0) is 6.61 Å². The first kappa shape index (κ1) is 12.0. The van der Waals surface area contributed by atoms with Crippen LogP contribution in [0.4, 0.5) is 5.69 Å². The second-order valence-corrected chi connectivity index (χ2v) is 5.50. The van der Waals surface area contributed by atoms with Gasteiger partial charge in [-0.25, -0.2) is 4.98 Å². The van der Waals surface area contributed by atoms with E-state index in [2.05, 4.69) is 11.1 Å². The van der Waals surface area contributed by atoms with Gasteiger partial charge in [0.05, 0.1) is 10.2 Å². The van der Waals surface area contributed by atoms with E-state index < -0.39 is 0 Å². The van der Waals surface area contributed by atoms with Crippen LogP contribution in [0.25, 0.3) is 10.2 Å². The standard InChI is InChI=1S/C15H14N2OS/c1-10-6-7-11(8-12(10)16)18-9-15-17-13-4-2-3-5-14(13)19-15/h2-8H,9,16H2,1H3. The summed E-state index contributed by atoms with van der Waals surface area (Å²) in [6, 6.07) is 13.8. The average molecular weight is 270 g/mol. The van der Waals surface area contributed by atoms with Gasteiger partial charge >= 0.3 is 0 Å². The fourth-order valence-electron chi connectivity index (χ4n) is 1.84. The lowest BCUT2D eigenvalue weighted by Crippen LogP contribution is -1.96. The fourth-order valence-corrected chi connectivity index (χ4v) is 2.72. The summed E-state index contributed by atoms with van der Waals surface area (Å²) < 4.78 is 6.91. The van der Waals surface area contributed by atoms with Crippen LogP contribution >= 0.6 is 11.3 Å². The molecule has 0 unspecified atom stereocenters. The molecule has 2 aromatic carbocycles. The van der Waals surface area contributed by atoms with Crippen LogP contribution in [0.2, 0.25) is 0 Å². The van der Waals surface area contributed by atoms with E-state index in [4.69, 9.17) is 10.5 Å². The van der Waals surface area contributed by atoms with Gasteiger partial charge in [-0.1, -0.05) is 18.2 Å². The van der Waals surface area contributed by atoms with Crippen molar-refractivity contribution in [3.8, 4) is 5.75 Å². The molecule has 0 saturated heterocycles. The van der Waals surface area contributed by atoms with Crippen molar-refractivity contribution in [2.75, 3.05) is 5.73 Å². The van der Waals surface area contributed by atoms with E-state index in [0.29, 0.717) is 6.61 Å². The Balaban J connectivity index is 1.76. The lowest BCUT2D eigenvalue weighted by atomic mass is 10.2. The largest absolute Gasteiger partial charge is 0.486 e. The summed E-state index contributed by atoms with van der Waals surface area (Å²) in [5.74, 6) is 0.780. The molecule has 96 valence electrons. The summed E-state index contributed by atoms with van der Waals surface area (Å²) in [6.07, 6.45) is 0. The maximum Gasteiger partial charge on any atom is 0.140 e. The molecule has 0 aliphatic heterocycles. The van der Waals surface area contributed by atoms with Crippen LogP contribution in [-0.4, -0.2) is 4.98 Å². The number of benzene rings is 2. The highest BCUT2D eigenvalue weighted by molar-refractivity contribution is 7.18. The van der Waals surface area contributed by atoms with Crippen molar-refractivity contribution in [3.63, 3.8) is 0 Å². The molecule has 0 aliphatic rings. The zero-order valence-corrected chi connectivity index (χ0v) is 11.4. The van der Waals surface area contributed by atoms with E-state index in [9.17, 15) is 0 Å². The number of ether oxygens (including phenoxy) is 1. The molecule has 0 aliphatic carbocycles. The highest BCUT2D eigenvalue weighted by atomic mass is 32.1. The molecule has 0 radical (unpaired) electrons. The Bertz CT molecular complexity index is 688. The molecule has 0 bridgehead atoms. The molecule has 0 amide bonds. The number of hydrogen-bond acceptors (Lipinski definition) is 4. The van der Waals surface area contributed by atoms with Gasteiger partial charge in [0.2, 0.25) is 0 Å². The van der Waals surface area contributed by atoms with Crippen LogP contribution in [0.1, 0.15) is 10.6 Å². The van der Waals surface area contributed by atoms with Crippen molar-refractivity contribution in [2.45, 2.75) is 13.5 Å². The number of nitrogens with zero attached hydrogens (tertiary/aromatic N) is 1. The van der Waals surface area contributed by atoms with Crippen LogP contribution in [0, 0.1) is 6.92 Å². The van der Waals surface area contributed by atoms with E-state index in [0.717, 1.165) is 27.5 Å². The number of anilines is 1. The zero-order chi connectivity index (χ0) is 13.2. The Kier molecular flexibility index (Phi) is 3.09. The minimum Gasteiger partial charge on any atom is -0.486 e. The molecule has 0 atom stereocenters. The van der Waals surface area contributed by atoms with Crippen LogP contribution in [0.5, 0.6) is 5.75 Å². The number of aryl methyl sites for hydroxylation is 1. The molecule has 0 spiro atoms. The third-order valence-corrected chi connectivity index (χ3v) is 3.96. The number of nitrogens with two attached hydrogens (primary N) is 1. The first-order valence-corrected chi connectivity index (χ1v) is 6.87. The highest BCUT2D eigenvalue weighted by Crippen LogP contribution is 2.24. The lowest BCUT2D eigenvalue weighted by Gasteiger charge is -2.06. The summed E-state index contributed by atoms with van der Waals surface area (Å²) in [5, 5.41) is 0.973. The van der Waals surface area contributed by atoms with Crippen molar-refractivity contribution >= 4 is 27.2 Å². The van der Waals surface area contributed by atoms with Gasteiger partial charge in [0, 0.05) is 11.8 Å². The molecule has 1 heterocycles. The molecule has 0 fully saturated rings. The maximum atomic E-state index is 5.86. The predicted molar refractivity (Wildman–Crippen MR) is 79.5 cm³/mol. The molecule has 3 rings (SSSR count). The molecular weight excluding hydrogens is 256 g/mol. The number of hydrogen-bond donors (Lipinski definition) is 1. The molecule has 0 saturated carbocycles. The van der Waals surface area contributed by atoms with Crippen molar-refractivity contribution in [3.05, 3.63) is 53.0 Å². The Morgan fingerprint density at radius 2 is 2.05 bits per heavy atom. The van der Waals surface area contributed by atoms with Gasteiger partial charge in [-0.3, -0.25) is 0 Å². The van der Waals surface area contributed by atoms with Gasteiger partial charge in [0.1, 0.15) is 17.4 Å². The van der Waals surface area contributed by atoms with Gasteiger partial charge in [-0.05, 0) is 30.7 Å². The predicted octanol–water partition coefficient (Wildman–Crippen LogP) is 3.77. The van der Waals surface area contributed by atoms with Crippen LogP contribution in [0.15, 0.2) is 42.5 Å². The first-order chi connectivity index (χ1) is 9.22. The zero-order valence-electron chi connectivity index (χ0n) is 10.6. The average Bonchev–Trinajstić information content (AvgIpc) is 2.83. The number of para-hydroxylation sites is 1. The Hall–Kier alpha value is -2.07. The van der Waals surface area contributed by atoms with E-state index in [1.54, 1.807) is 11.3 Å². The summed E-state index contributed by atoms with van der Waals surface area (Å²) >= 11 is 1.66. The van der Waals surface area contributed by atoms with Crippen LogP contribution in [0.3, 0.4) is 0 Å². The summed E-state index contributed by atoms with van der Waals surface area (Å²) in [6.45, 7) is 2.45.